The standard InChI is InChI=1S/C35H52N2O5/c1-2-3-4-5-8-13-29(38)14-9-6-7-10-15-30(34(40)41)33(39)16-19-35(42)18-11-12-27(35)23-28-22-26-21-25-17-20-36-31(25)24-32(26)37-28/h17,20-22,24,27,29-30,33,38-39,42H,2-16,18-19,23H2,1H3,(H,40,41)/t27-,29-,30-,33+,35-/m0/s1. The van der Waals surface area contributed by atoms with E-state index in [0.717, 1.165) is 85.3 Å². The van der Waals surface area contributed by atoms with Crippen molar-refractivity contribution in [1.82, 2.24) is 0 Å². The maximum atomic E-state index is 12.0. The fraction of sp³-hybridized carbons (Fsp3) is 0.686. The highest BCUT2D eigenvalue weighted by Gasteiger charge is 2.42. The summed E-state index contributed by atoms with van der Waals surface area (Å²) >= 11 is 0. The summed E-state index contributed by atoms with van der Waals surface area (Å²) in [6.07, 6.45) is 20.3. The van der Waals surface area contributed by atoms with Crippen molar-refractivity contribution in [2.45, 2.75) is 140 Å². The Kier molecular flexibility index (Phi) is 12.3. The van der Waals surface area contributed by atoms with E-state index in [4.69, 9.17) is 4.99 Å². The first-order valence-corrected chi connectivity index (χ1v) is 16.6. The summed E-state index contributed by atoms with van der Waals surface area (Å²) in [6.45, 7) is 2.20. The third-order valence-corrected chi connectivity index (χ3v) is 9.71. The lowest BCUT2D eigenvalue weighted by molar-refractivity contribution is -0.146. The summed E-state index contributed by atoms with van der Waals surface area (Å²) < 4.78 is 0. The van der Waals surface area contributed by atoms with Gasteiger partial charge in [-0.2, -0.15) is 0 Å². The van der Waals surface area contributed by atoms with E-state index in [9.17, 15) is 25.2 Å². The van der Waals surface area contributed by atoms with Crippen LogP contribution in [0.25, 0.3) is 12.2 Å². The Morgan fingerprint density at radius 1 is 1.00 bits per heavy atom. The van der Waals surface area contributed by atoms with Crippen LogP contribution in [0.1, 0.15) is 128 Å². The Morgan fingerprint density at radius 3 is 2.43 bits per heavy atom. The van der Waals surface area contributed by atoms with Crippen LogP contribution in [0.2, 0.25) is 0 Å². The maximum Gasteiger partial charge on any atom is 0.309 e. The van der Waals surface area contributed by atoms with Gasteiger partial charge in [0.15, 0.2) is 0 Å². The number of fused-ring (bicyclic) bond motifs is 2. The summed E-state index contributed by atoms with van der Waals surface area (Å²) in [5, 5.41) is 44.5. The molecule has 3 aliphatic rings. The predicted octanol–water partition coefficient (Wildman–Crippen LogP) is 5.98. The van der Waals surface area contributed by atoms with E-state index in [-0.39, 0.29) is 18.4 Å². The highest BCUT2D eigenvalue weighted by molar-refractivity contribution is 6.14. The number of carbonyl (C=O) groups is 1. The van der Waals surface area contributed by atoms with Crippen LogP contribution in [-0.4, -0.2) is 49.9 Å². The molecule has 1 aromatic carbocycles. The molecule has 0 amide bonds. The highest BCUT2D eigenvalue weighted by Crippen LogP contribution is 2.42. The number of aliphatic hydroxyl groups excluding tert-OH is 2. The second-order valence-electron chi connectivity index (χ2n) is 13.0. The van der Waals surface area contributed by atoms with Gasteiger partial charge in [-0.15, -0.1) is 0 Å². The van der Waals surface area contributed by atoms with Gasteiger partial charge in [0.25, 0.3) is 0 Å². The first-order chi connectivity index (χ1) is 20.3. The number of carboxylic acids is 1. The molecule has 1 aromatic rings. The molecular weight excluding hydrogens is 528 g/mol. The van der Waals surface area contributed by atoms with Gasteiger partial charge in [-0.1, -0.05) is 71.1 Å². The van der Waals surface area contributed by atoms with Gasteiger partial charge in [0, 0.05) is 22.7 Å². The third kappa shape index (κ3) is 9.08. The molecule has 4 rings (SSSR count). The summed E-state index contributed by atoms with van der Waals surface area (Å²) in [4.78, 5) is 21.2. The second-order valence-corrected chi connectivity index (χ2v) is 13.0. The number of hydrogen-bond donors (Lipinski definition) is 4. The number of rotatable bonds is 20. The van der Waals surface area contributed by atoms with Gasteiger partial charge >= 0.3 is 5.97 Å². The van der Waals surface area contributed by atoms with E-state index >= 15 is 0 Å². The predicted molar refractivity (Wildman–Crippen MR) is 168 cm³/mol. The van der Waals surface area contributed by atoms with Crippen molar-refractivity contribution in [1.29, 1.82) is 0 Å². The molecule has 0 radical (unpaired) electrons. The van der Waals surface area contributed by atoms with E-state index in [1.54, 1.807) is 6.20 Å². The van der Waals surface area contributed by atoms with E-state index in [1.807, 2.05) is 12.1 Å². The van der Waals surface area contributed by atoms with Crippen LogP contribution < -0.4 is 10.6 Å². The average Bonchev–Trinajstić information content (AvgIpc) is 3.68. The van der Waals surface area contributed by atoms with Gasteiger partial charge in [0.05, 0.1) is 34.8 Å². The second kappa shape index (κ2) is 15.9. The van der Waals surface area contributed by atoms with Crippen molar-refractivity contribution in [3.05, 3.63) is 34.5 Å². The van der Waals surface area contributed by atoms with Gasteiger partial charge in [-0.3, -0.25) is 14.8 Å². The van der Waals surface area contributed by atoms with Crippen LogP contribution in [0.5, 0.6) is 0 Å². The molecule has 0 spiro atoms. The quantitative estimate of drug-likeness (QED) is 0.141. The first kappa shape index (κ1) is 32.6. The van der Waals surface area contributed by atoms with E-state index in [0.29, 0.717) is 25.7 Å². The Bertz CT molecular complexity index is 1220. The molecule has 1 aliphatic carbocycles. The number of nitrogens with zero attached hydrogens (tertiary/aromatic N) is 2. The molecule has 0 unspecified atom stereocenters. The molecular formula is C35H52N2O5. The smallest absolute Gasteiger partial charge is 0.309 e. The van der Waals surface area contributed by atoms with Gasteiger partial charge in [-0.05, 0) is 81.6 Å². The van der Waals surface area contributed by atoms with Crippen molar-refractivity contribution in [3.8, 4) is 0 Å². The number of aliphatic carboxylic acids is 1. The molecule has 2 aliphatic heterocycles. The van der Waals surface area contributed by atoms with E-state index in [1.165, 1.54) is 25.7 Å². The Labute approximate surface area is 251 Å². The molecule has 0 aromatic heterocycles. The molecule has 1 saturated carbocycles. The number of carboxylic acid groups (broad SMARTS) is 1. The van der Waals surface area contributed by atoms with E-state index < -0.39 is 23.6 Å². The fourth-order valence-corrected chi connectivity index (χ4v) is 7.04. The lowest BCUT2D eigenvalue weighted by atomic mass is 9.81. The highest BCUT2D eigenvalue weighted by atomic mass is 16.4. The van der Waals surface area contributed by atoms with Gasteiger partial charge in [0.1, 0.15) is 0 Å². The van der Waals surface area contributed by atoms with Gasteiger partial charge in [-0.25, -0.2) is 0 Å². The van der Waals surface area contributed by atoms with Crippen molar-refractivity contribution >= 4 is 29.5 Å². The largest absolute Gasteiger partial charge is 0.481 e. The molecule has 5 atom stereocenters. The number of benzene rings is 1. The number of aliphatic hydroxyl groups is 3. The summed E-state index contributed by atoms with van der Waals surface area (Å²) in [5.74, 6) is -1.73. The topological polar surface area (TPSA) is 123 Å². The van der Waals surface area contributed by atoms with Gasteiger partial charge in [0.2, 0.25) is 0 Å². The number of unbranched alkanes of at least 4 members (excludes halogenated alkanes) is 7. The maximum absolute atomic E-state index is 12.0. The van der Waals surface area contributed by atoms with Crippen LogP contribution in [0.4, 0.5) is 5.69 Å². The fourth-order valence-electron chi connectivity index (χ4n) is 7.04. The van der Waals surface area contributed by atoms with Crippen LogP contribution in [-0.2, 0) is 4.79 Å². The molecule has 4 N–H and O–H groups in total. The lowest BCUT2D eigenvalue weighted by Gasteiger charge is -2.32. The minimum Gasteiger partial charge on any atom is -0.481 e. The van der Waals surface area contributed by atoms with E-state index in [2.05, 4.69) is 24.1 Å². The van der Waals surface area contributed by atoms with Gasteiger partial charge < -0.3 is 20.4 Å². The minimum absolute atomic E-state index is 0.0420. The molecule has 7 heteroatoms. The molecule has 42 heavy (non-hydrogen) atoms. The zero-order chi connectivity index (χ0) is 30.0. The third-order valence-electron chi connectivity index (χ3n) is 9.71. The van der Waals surface area contributed by atoms with Crippen molar-refractivity contribution in [2.24, 2.45) is 21.8 Å². The van der Waals surface area contributed by atoms with Crippen molar-refractivity contribution < 1.29 is 25.2 Å². The Morgan fingerprint density at radius 2 is 1.71 bits per heavy atom. The first-order valence-electron chi connectivity index (χ1n) is 16.6. The molecule has 1 fully saturated rings. The molecule has 2 heterocycles. The summed E-state index contributed by atoms with van der Waals surface area (Å²) in [5.41, 5.74) is 2.08. The molecule has 7 nitrogen and oxygen atoms in total. The minimum atomic E-state index is -0.971. The molecule has 232 valence electrons. The SMILES string of the molecule is CCCCCCC[C@H](O)CCCCCC[C@H](C(=O)O)[C@H](O)CC[C@@]1(O)CCC[C@H]1CC1=Nc2cc3c(cc2=C1)C=CN=3. The Balaban J connectivity index is 1.17. The zero-order valence-corrected chi connectivity index (χ0v) is 25.5. The molecule has 0 bridgehead atoms. The van der Waals surface area contributed by atoms with Crippen LogP contribution in [0.15, 0.2) is 28.3 Å². The normalized spacial score (nSPS) is 22.7. The van der Waals surface area contributed by atoms with Crippen LogP contribution in [0.3, 0.4) is 0 Å². The summed E-state index contributed by atoms with van der Waals surface area (Å²) in [7, 11) is 0. The number of hydrogen-bond acceptors (Lipinski definition) is 6. The monoisotopic (exact) mass is 580 g/mol. The summed E-state index contributed by atoms with van der Waals surface area (Å²) in [6, 6.07) is 4.12. The zero-order valence-electron chi connectivity index (χ0n) is 25.5. The molecule has 0 saturated heterocycles. The number of aliphatic imine (C=N–C) groups is 1. The van der Waals surface area contributed by atoms with Crippen molar-refractivity contribution in [3.63, 3.8) is 0 Å². The van der Waals surface area contributed by atoms with Crippen LogP contribution in [0, 0.1) is 11.8 Å². The van der Waals surface area contributed by atoms with Crippen molar-refractivity contribution in [2.75, 3.05) is 0 Å². The lowest BCUT2D eigenvalue weighted by Crippen LogP contribution is -2.37. The Hall–Kier alpha value is -2.35. The van der Waals surface area contributed by atoms with Crippen LogP contribution >= 0.6 is 0 Å². The average molecular weight is 581 g/mol.